The highest BCUT2D eigenvalue weighted by Crippen LogP contribution is 2.18. The second kappa shape index (κ2) is 71.1. The van der Waals surface area contributed by atoms with E-state index < -0.39 is 6.10 Å². The van der Waals surface area contributed by atoms with Crippen LogP contribution < -0.4 is 0 Å². The quantitative estimate of drug-likeness (QED) is 0.0261. The van der Waals surface area contributed by atoms with E-state index in [0.29, 0.717) is 19.3 Å². The number of unbranched alkanes of at least 4 members (excludes halogenated alkanes) is 41. The fourth-order valence-electron chi connectivity index (χ4n) is 10.5. The summed E-state index contributed by atoms with van der Waals surface area (Å²) < 4.78 is 17.0. The zero-order valence-corrected chi connectivity index (χ0v) is 55.2. The van der Waals surface area contributed by atoms with Crippen molar-refractivity contribution in [2.24, 2.45) is 0 Å². The smallest absolute Gasteiger partial charge is 0.306 e. The first-order chi connectivity index (χ1) is 41.0. The van der Waals surface area contributed by atoms with Crippen molar-refractivity contribution in [3.63, 3.8) is 0 Å². The van der Waals surface area contributed by atoms with Gasteiger partial charge in [-0.15, -0.1) is 0 Å². The molecule has 0 saturated heterocycles. The minimum atomic E-state index is -0.795. The molecule has 0 aromatic carbocycles. The number of rotatable bonds is 66. The van der Waals surface area contributed by atoms with Crippen molar-refractivity contribution >= 4 is 17.9 Å². The van der Waals surface area contributed by atoms with E-state index in [2.05, 4.69) is 106 Å². The fraction of sp³-hybridized carbons (Fsp3) is 0.779. The predicted molar refractivity (Wildman–Crippen MR) is 362 cm³/mol. The molecule has 0 N–H and O–H groups in total. The van der Waals surface area contributed by atoms with Gasteiger partial charge in [0.25, 0.3) is 0 Å². The molecule has 6 nitrogen and oxygen atoms in total. The Morgan fingerprint density at radius 3 is 0.747 bits per heavy atom. The zero-order valence-electron chi connectivity index (χ0n) is 55.2. The van der Waals surface area contributed by atoms with Crippen LogP contribution in [0.1, 0.15) is 367 Å². The molecule has 0 saturated carbocycles. The molecule has 0 fully saturated rings. The van der Waals surface area contributed by atoms with Crippen molar-refractivity contribution in [2.75, 3.05) is 13.2 Å². The SMILES string of the molecule is CC/C=C\C/C=C\C/C=C\C/C=C\C/C=C\C/C=C\CCCCCCC(=O)OC(COC(=O)CCCCCCC/C=C\CCCCCCCC)COC(=O)CCCCCCCCCCCCCCCCCCCCCCCCCCCCC. The maximum absolute atomic E-state index is 13.0. The summed E-state index contributed by atoms with van der Waals surface area (Å²) in [6.07, 6.45) is 94.7. The lowest BCUT2D eigenvalue weighted by atomic mass is 10.0. The van der Waals surface area contributed by atoms with Crippen molar-refractivity contribution in [1.82, 2.24) is 0 Å². The van der Waals surface area contributed by atoms with Crippen molar-refractivity contribution in [3.8, 4) is 0 Å². The normalized spacial score (nSPS) is 12.6. The lowest BCUT2D eigenvalue weighted by Gasteiger charge is -2.18. The summed E-state index contributed by atoms with van der Waals surface area (Å²) in [5, 5.41) is 0. The highest BCUT2D eigenvalue weighted by molar-refractivity contribution is 5.71. The highest BCUT2D eigenvalue weighted by atomic mass is 16.6. The van der Waals surface area contributed by atoms with Gasteiger partial charge in [0.05, 0.1) is 0 Å². The number of carbonyl (C=O) groups excluding carboxylic acids is 3. The van der Waals surface area contributed by atoms with E-state index in [9.17, 15) is 14.4 Å². The van der Waals surface area contributed by atoms with Crippen LogP contribution in [0.2, 0.25) is 0 Å². The van der Waals surface area contributed by atoms with Crippen LogP contribution in [-0.4, -0.2) is 37.2 Å². The van der Waals surface area contributed by atoms with Crippen LogP contribution in [0.4, 0.5) is 0 Å². The molecular formula is C77H136O6. The third-order valence-electron chi connectivity index (χ3n) is 15.9. The number of carbonyl (C=O) groups is 3. The highest BCUT2D eigenvalue weighted by Gasteiger charge is 2.19. The maximum Gasteiger partial charge on any atom is 0.306 e. The summed E-state index contributed by atoms with van der Waals surface area (Å²) in [4.78, 5) is 38.5. The fourth-order valence-corrected chi connectivity index (χ4v) is 10.5. The number of esters is 3. The van der Waals surface area contributed by atoms with E-state index in [1.54, 1.807) is 0 Å². The van der Waals surface area contributed by atoms with Gasteiger partial charge in [-0.25, -0.2) is 0 Å². The molecule has 83 heavy (non-hydrogen) atoms. The third-order valence-corrected chi connectivity index (χ3v) is 15.9. The Hall–Kier alpha value is -3.41. The monoisotopic (exact) mass is 1160 g/mol. The molecule has 0 aliphatic heterocycles. The van der Waals surface area contributed by atoms with Crippen molar-refractivity contribution < 1.29 is 28.6 Å². The van der Waals surface area contributed by atoms with Crippen LogP contribution in [0.3, 0.4) is 0 Å². The van der Waals surface area contributed by atoms with Gasteiger partial charge in [-0.3, -0.25) is 14.4 Å². The minimum absolute atomic E-state index is 0.0866. The van der Waals surface area contributed by atoms with Gasteiger partial charge in [-0.1, -0.05) is 337 Å². The van der Waals surface area contributed by atoms with Crippen LogP contribution >= 0.6 is 0 Å². The number of ether oxygens (including phenoxy) is 3. The third kappa shape index (κ3) is 69.3. The summed E-state index contributed by atoms with van der Waals surface area (Å²) in [5.41, 5.74) is 0. The number of hydrogen-bond donors (Lipinski definition) is 0. The Balaban J connectivity index is 4.33. The van der Waals surface area contributed by atoms with Gasteiger partial charge in [0, 0.05) is 19.3 Å². The van der Waals surface area contributed by atoms with Crippen LogP contribution in [-0.2, 0) is 28.6 Å². The van der Waals surface area contributed by atoms with Crippen LogP contribution in [0, 0.1) is 0 Å². The number of hydrogen-bond acceptors (Lipinski definition) is 6. The van der Waals surface area contributed by atoms with Gasteiger partial charge >= 0.3 is 17.9 Å². The van der Waals surface area contributed by atoms with Crippen LogP contribution in [0.25, 0.3) is 0 Å². The van der Waals surface area contributed by atoms with Crippen molar-refractivity contribution in [1.29, 1.82) is 0 Å². The van der Waals surface area contributed by atoms with Gasteiger partial charge in [0.1, 0.15) is 13.2 Å². The summed E-state index contributed by atoms with van der Waals surface area (Å²) in [5.74, 6) is -0.901. The van der Waals surface area contributed by atoms with Crippen LogP contribution in [0.5, 0.6) is 0 Å². The molecule has 0 aromatic rings. The average Bonchev–Trinajstić information content (AvgIpc) is 3.49. The van der Waals surface area contributed by atoms with Gasteiger partial charge < -0.3 is 14.2 Å². The molecular weight excluding hydrogens is 1020 g/mol. The molecule has 0 spiro atoms. The Morgan fingerprint density at radius 2 is 0.470 bits per heavy atom. The van der Waals surface area contributed by atoms with Crippen molar-refractivity contribution in [2.45, 2.75) is 374 Å². The van der Waals surface area contributed by atoms with Gasteiger partial charge in [0.15, 0.2) is 6.10 Å². The summed E-state index contributed by atoms with van der Waals surface area (Å²) in [7, 11) is 0. The minimum Gasteiger partial charge on any atom is -0.462 e. The standard InChI is InChI=1S/C77H136O6/c1-4-7-10-13-16-19-22-25-28-30-32-34-36-37-38-39-41-42-44-46-49-52-55-58-61-64-67-70-76(79)82-73-74(72-81-75(78)69-66-63-60-57-54-51-48-27-24-21-18-15-12-9-6-3)83-77(80)71-68-65-62-59-56-53-50-47-45-43-40-35-33-31-29-26-23-20-17-14-11-8-5-2/h8,11,17,20,26-27,29,33,35,43,45,48,50,53,74H,4-7,9-10,12-16,18-19,21-25,28,30-32,34,36-42,44,46-47,49,51-52,54-73H2,1-3H3/b11-8-,20-17-,29-26-,35-33-,45-43-,48-27-,53-50-. The maximum atomic E-state index is 13.0. The predicted octanol–water partition coefficient (Wildman–Crippen LogP) is 25.0. The molecule has 1 unspecified atom stereocenters. The molecule has 0 aliphatic carbocycles. The lowest BCUT2D eigenvalue weighted by molar-refractivity contribution is -0.167. The van der Waals surface area contributed by atoms with Crippen LogP contribution in [0.15, 0.2) is 85.1 Å². The first-order valence-corrected chi connectivity index (χ1v) is 36.1. The Labute approximate surface area is 515 Å². The topological polar surface area (TPSA) is 78.9 Å². The van der Waals surface area contributed by atoms with E-state index in [4.69, 9.17) is 14.2 Å². The Morgan fingerprint density at radius 1 is 0.253 bits per heavy atom. The molecule has 0 rings (SSSR count). The lowest BCUT2D eigenvalue weighted by Crippen LogP contribution is -2.30. The molecule has 0 amide bonds. The number of allylic oxidation sites excluding steroid dienone is 14. The first kappa shape index (κ1) is 79.6. The van der Waals surface area contributed by atoms with E-state index in [1.807, 2.05) is 0 Å². The molecule has 6 heteroatoms. The summed E-state index contributed by atoms with van der Waals surface area (Å²) in [6.45, 7) is 6.55. The average molecular weight is 1160 g/mol. The largest absolute Gasteiger partial charge is 0.462 e. The molecule has 0 aliphatic rings. The Kier molecular flexibility index (Phi) is 68.2. The van der Waals surface area contributed by atoms with Gasteiger partial charge in [0.2, 0.25) is 0 Å². The van der Waals surface area contributed by atoms with E-state index in [-0.39, 0.29) is 31.1 Å². The molecule has 0 heterocycles. The van der Waals surface area contributed by atoms with E-state index >= 15 is 0 Å². The summed E-state index contributed by atoms with van der Waals surface area (Å²) >= 11 is 0. The molecule has 480 valence electrons. The first-order valence-electron chi connectivity index (χ1n) is 36.1. The molecule has 0 aromatic heterocycles. The zero-order chi connectivity index (χ0) is 59.9. The van der Waals surface area contributed by atoms with Gasteiger partial charge in [-0.05, 0) is 96.3 Å². The van der Waals surface area contributed by atoms with Crippen molar-refractivity contribution in [3.05, 3.63) is 85.1 Å². The second-order valence-electron chi connectivity index (χ2n) is 24.1. The summed E-state index contributed by atoms with van der Waals surface area (Å²) in [6, 6.07) is 0. The molecule has 0 radical (unpaired) electrons. The van der Waals surface area contributed by atoms with Gasteiger partial charge in [-0.2, -0.15) is 0 Å². The molecule has 0 bridgehead atoms. The second-order valence-corrected chi connectivity index (χ2v) is 24.1. The van der Waals surface area contributed by atoms with E-state index in [1.165, 1.54) is 212 Å². The van der Waals surface area contributed by atoms with E-state index in [0.717, 1.165) is 116 Å². The molecule has 1 atom stereocenters. The Bertz CT molecular complexity index is 1570.